The molecule has 0 spiro atoms. The van der Waals surface area contributed by atoms with Gasteiger partial charge in [0.1, 0.15) is 12.3 Å². The van der Waals surface area contributed by atoms with E-state index in [-0.39, 0.29) is 23.8 Å². The molecule has 1 heterocycles. The number of ether oxygens (including phenoxy) is 2. The smallest absolute Gasteiger partial charge is 0.337 e. The Morgan fingerprint density at radius 2 is 1.84 bits per heavy atom. The molecule has 132 valence electrons. The van der Waals surface area contributed by atoms with Gasteiger partial charge in [-0.1, -0.05) is 12.1 Å². The van der Waals surface area contributed by atoms with Crippen LogP contribution in [0.25, 0.3) is 0 Å². The Morgan fingerprint density at radius 3 is 2.44 bits per heavy atom. The number of amides is 1. The Hall–Kier alpha value is -3.09. The lowest BCUT2D eigenvalue weighted by Crippen LogP contribution is -2.31. The van der Waals surface area contributed by atoms with Crippen molar-refractivity contribution in [1.29, 1.82) is 0 Å². The number of carboxylic acid groups (broad SMARTS) is 1. The maximum atomic E-state index is 12.4. The first-order valence-corrected chi connectivity index (χ1v) is 7.66. The predicted molar refractivity (Wildman–Crippen MR) is 91.4 cm³/mol. The third-order valence-electron chi connectivity index (χ3n) is 3.64. The minimum absolute atomic E-state index is 0.0821. The lowest BCUT2D eigenvalue weighted by atomic mass is 10.2. The van der Waals surface area contributed by atoms with Gasteiger partial charge in [-0.05, 0) is 31.2 Å². The first-order valence-electron chi connectivity index (χ1n) is 7.66. The first-order chi connectivity index (χ1) is 11.9. The third kappa shape index (κ3) is 4.47. The molecular weight excluding hydrogens is 324 g/mol. The van der Waals surface area contributed by atoms with E-state index in [1.165, 1.54) is 17.0 Å². The Labute approximate surface area is 145 Å². The van der Waals surface area contributed by atoms with Crippen molar-refractivity contribution >= 4 is 11.9 Å². The molecule has 0 aliphatic carbocycles. The van der Waals surface area contributed by atoms with Crippen molar-refractivity contribution in [3.63, 3.8) is 0 Å². The summed E-state index contributed by atoms with van der Waals surface area (Å²) in [5.41, 5.74) is 0.582. The molecule has 0 aliphatic rings. The second-order valence-electron chi connectivity index (χ2n) is 5.36. The Balaban J connectivity index is 1.96. The van der Waals surface area contributed by atoms with Crippen molar-refractivity contribution in [1.82, 2.24) is 9.88 Å². The van der Waals surface area contributed by atoms with E-state index in [2.05, 4.69) is 4.98 Å². The molecule has 2 rings (SSSR count). The molecule has 2 aromatic rings. The number of nitrogens with zero attached hydrogens (tertiary/aromatic N) is 2. The van der Waals surface area contributed by atoms with Crippen LogP contribution < -0.4 is 9.47 Å². The minimum Gasteiger partial charge on any atom is -0.493 e. The molecule has 0 fully saturated rings. The molecule has 0 atom stereocenters. The van der Waals surface area contributed by atoms with Gasteiger partial charge in [0, 0.05) is 7.05 Å². The maximum absolute atomic E-state index is 12.4. The molecule has 1 N–H and O–H groups in total. The van der Waals surface area contributed by atoms with Crippen LogP contribution in [0.1, 0.15) is 26.5 Å². The SMILES string of the molecule is COc1ccccc1OCCN(C)C(=O)c1ccc(C(=O)O)c(C)n1. The second-order valence-corrected chi connectivity index (χ2v) is 5.36. The number of aromatic carboxylic acids is 1. The highest BCUT2D eigenvalue weighted by Gasteiger charge is 2.16. The van der Waals surface area contributed by atoms with Crippen LogP contribution in [-0.4, -0.2) is 54.2 Å². The summed E-state index contributed by atoms with van der Waals surface area (Å²) in [5.74, 6) is -0.144. The first kappa shape index (κ1) is 18.3. The summed E-state index contributed by atoms with van der Waals surface area (Å²) >= 11 is 0. The summed E-state index contributed by atoms with van der Waals surface area (Å²) < 4.78 is 10.8. The van der Waals surface area contributed by atoms with E-state index in [0.717, 1.165) is 0 Å². The Bertz CT molecular complexity index is 776. The number of carbonyl (C=O) groups is 2. The molecule has 7 nitrogen and oxygen atoms in total. The normalized spacial score (nSPS) is 10.2. The second kappa shape index (κ2) is 8.14. The van der Waals surface area contributed by atoms with Gasteiger partial charge in [0.05, 0.1) is 24.9 Å². The zero-order valence-electron chi connectivity index (χ0n) is 14.4. The van der Waals surface area contributed by atoms with E-state index >= 15 is 0 Å². The molecule has 1 aromatic carbocycles. The summed E-state index contributed by atoms with van der Waals surface area (Å²) in [6, 6.07) is 10.1. The highest BCUT2D eigenvalue weighted by molar-refractivity contribution is 5.94. The third-order valence-corrected chi connectivity index (χ3v) is 3.64. The largest absolute Gasteiger partial charge is 0.493 e. The highest BCUT2D eigenvalue weighted by atomic mass is 16.5. The van der Waals surface area contributed by atoms with Crippen LogP contribution in [0.4, 0.5) is 0 Å². The van der Waals surface area contributed by atoms with Gasteiger partial charge in [0.2, 0.25) is 0 Å². The molecule has 0 saturated carbocycles. The number of aromatic nitrogens is 1. The quantitative estimate of drug-likeness (QED) is 0.829. The zero-order chi connectivity index (χ0) is 18.4. The number of hydrogen-bond acceptors (Lipinski definition) is 5. The van der Waals surface area contributed by atoms with Gasteiger partial charge < -0.3 is 19.5 Å². The number of benzene rings is 1. The van der Waals surface area contributed by atoms with Gasteiger partial charge in [-0.15, -0.1) is 0 Å². The molecule has 0 bridgehead atoms. The number of carboxylic acids is 1. The van der Waals surface area contributed by atoms with Crippen molar-refractivity contribution in [3.8, 4) is 11.5 Å². The Kier molecular flexibility index (Phi) is 5.94. The van der Waals surface area contributed by atoms with Crippen LogP contribution >= 0.6 is 0 Å². The minimum atomic E-state index is -1.07. The predicted octanol–water partition coefficient (Wildman–Crippen LogP) is 2.25. The van der Waals surface area contributed by atoms with Crippen molar-refractivity contribution in [3.05, 3.63) is 53.3 Å². The van der Waals surface area contributed by atoms with Gasteiger partial charge in [-0.25, -0.2) is 9.78 Å². The lowest BCUT2D eigenvalue weighted by molar-refractivity contribution is 0.0692. The summed E-state index contributed by atoms with van der Waals surface area (Å²) in [6.45, 7) is 2.19. The van der Waals surface area contributed by atoms with Crippen LogP contribution in [0, 0.1) is 6.92 Å². The van der Waals surface area contributed by atoms with Gasteiger partial charge in [0.15, 0.2) is 11.5 Å². The Morgan fingerprint density at radius 1 is 1.16 bits per heavy atom. The average molecular weight is 344 g/mol. The number of rotatable bonds is 7. The van der Waals surface area contributed by atoms with Crippen LogP contribution in [0.15, 0.2) is 36.4 Å². The van der Waals surface area contributed by atoms with Crippen molar-refractivity contribution in [2.24, 2.45) is 0 Å². The number of aryl methyl sites for hydroxylation is 1. The highest BCUT2D eigenvalue weighted by Crippen LogP contribution is 2.25. The van der Waals surface area contributed by atoms with E-state index in [0.29, 0.717) is 23.7 Å². The van der Waals surface area contributed by atoms with Gasteiger partial charge >= 0.3 is 5.97 Å². The number of methoxy groups -OCH3 is 1. The molecule has 1 amide bonds. The zero-order valence-corrected chi connectivity index (χ0v) is 14.4. The van der Waals surface area contributed by atoms with E-state index in [1.807, 2.05) is 12.1 Å². The van der Waals surface area contributed by atoms with E-state index in [1.54, 1.807) is 33.2 Å². The summed E-state index contributed by atoms with van der Waals surface area (Å²) in [4.78, 5) is 28.9. The fourth-order valence-corrected chi connectivity index (χ4v) is 2.23. The van der Waals surface area contributed by atoms with Gasteiger partial charge in [-0.2, -0.15) is 0 Å². The average Bonchev–Trinajstić information content (AvgIpc) is 2.60. The molecular formula is C18H20N2O5. The van der Waals surface area contributed by atoms with E-state index in [4.69, 9.17) is 14.6 Å². The molecule has 0 aliphatic heterocycles. The van der Waals surface area contributed by atoms with Gasteiger partial charge in [0.25, 0.3) is 5.91 Å². The van der Waals surface area contributed by atoms with Crippen molar-refractivity contribution in [2.75, 3.05) is 27.3 Å². The van der Waals surface area contributed by atoms with Crippen molar-refractivity contribution < 1.29 is 24.2 Å². The molecule has 0 unspecified atom stereocenters. The number of para-hydroxylation sites is 2. The summed E-state index contributed by atoms with van der Waals surface area (Å²) in [7, 11) is 3.20. The van der Waals surface area contributed by atoms with E-state index in [9.17, 15) is 9.59 Å². The number of likely N-dealkylation sites (N-methyl/N-ethyl adjacent to an activating group) is 1. The molecule has 1 aromatic heterocycles. The lowest BCUT2D eigenvalue weighted by Gasteiger charge is -2.18. The monoisotopic (exact) mass is 344 g/mol. The summed E-state index contributed by atoms with van der Waals surface area (Å²) in [5, 5.41) is 9.01. The molecule has 0 radical (unpaired) electrons. The number of carbonyl (C=O) groups excluding carboxylic acids is 1. The molecule has 0 saturated heterocycles. The molecule has 25 heavy (non-hydrogen) atoms. The maximum Gasteiger partial charge on any atom is 0.337 e. The van der Waals surface area contributed by atoms with E-state index < -0.39 is 5.97 Å². The van der Waals surface area contributed by atoms with Crippen LogP contribution in [0.5, 0.6) is 11.5 Å². The van der Waals surface area contributed by atoms with Gasteiger partial charge in [-0.3, -0.25) is 4.79 Å². The standard InChI is InChI=1S/C18H20N2O5/c1-12-13(18(22)23)8-9-14(19-12)17(21)20(2)10-11-25-16-7-5-4-6-15(16)24-3/h4-9H,10-11H2,1-3H3,(H,22,23). The molecule has 7 heteroatoms. The van der Waals surface area contributed by atoms with Crippen LogP contribution in [0.3, 0.4) is 0 Å². The number of pyridine rings is 1. The summed E-state index contributed by atoms with van der Waals surface area (Å²) in [6.07, 6.45) is 0. The fraction of sp³-hybridized carbons (Fsp3) is 0.278. The number of hydrogen-bond donors (Lipinski definition) is 1. The fourth-order valence-electron chi connectivity index (χ4n) is 2.23. The van der Waals surface area contributed by atoms with Crippen molar-refractivity contribution in [2.45, 2.75) is 6.92 Å². The van der Waals surface area contributed by atoms with Crippen LogP contribution in [-0.2, 0) is 0 Å². The van der Waals surface area contributed by atoms with Crippen LogP contribution in [0.2, 0.25) is 0 Å². The topological polar surface area (TPSA) is 89.0 Å².